The third-order valence-electron chi connectivity index (χ3n) is 2.22. The summed E-state index contributed by atoms with van der Waals surface area (Å²) < 4.78 is 0.859. The van der Waals surface area contributed by atoms with Gasteiger partial charge in [0.25, 0.3) is 5.82 Å². The molecule has 11 heavy (non-hydrogen) atoms. The number of aromatic nitrogens is 2. The van der Waals surface area contributed by atoms with Crippen LogP contribution in [0.4, 0.5) is 11.5 Å². The molecule has 1 saturated heterocycles. The number of nitrogens with zero attached hydrogens (tertiary/aromatic N) is 4. The largest absolute Gasteiger partial charge is 0.263 e. The van der Waals surface area contributed by atoms with Crippen molar-refractivity contribution < 1.29 is 0 Å². The van der Waals surface area contributed by atoms with Gasteiger partial charge < -0.3 is 0 Å². The lowest BCUT2D eigenvalue weighted by Gasteiger charge is -2.02. The molecule has 0 radical (unpaired) electrons. The maximum Gasteiger partial charge on any atom is 0.263 e. The molecule has 3 rings (SSSR count). The molecule has 2 aliphatic rings. The van der Waals surface area contributed by atoms with Crippen LogP contribution >= 0.6 is 0 Å². The standard InChI is InChI=1S/C7H7N4/c1-2-11(1)5-10-6-3-8-4-9-7(6)11/h3-5H,1-2H2/q+1. The van der Waals surface area contributed by atoms with Crippen LogP contribution < -0.4 is 4.48 Å². The zero-order valence-electron chi connectivity index (χ0n) is 5.94. The molecule has 1 aromatic rings. The minimum absolute atomic E-state index is 0.859. The highest BCUT2D eigenvalue weighted by Gasteiger charge is 2.50. The van der Waals surface area contributed by atoms with E-state index in [1.54, 1.807) is 12.5 Å². The summed E-state index contributed by atoms with van der Waals surface area (Å²) in [6.07, 6.45) is 5.31. The minimum atomic E-state index is 0.859. The van der Waals surface area contributed by atoms with Gasteiger partial charge in [-0.15, -0.1) is 0 Å². The van der Waals surface area contributed by atoms with Gasteiger partial charge in [0.05, 0.1) is 6.20 Å². The van der Waals surface area contributed by atoms with Crippen LogP contribution in [0.3, 0.4) is 0 Å². The number of aliphatic imine (C=N–C) groups is 1. The Morgan fingerprint density at radius 1 is 1.36 bits per heavy atom. The zero-order valence-corrected chi connectivity index (χ0v) is 5.94. The summed E-state index contributed by atoms with van der Waals surface area (Å²) in [6, 6.07) is 0. The summed E-state index contributed by atoms with van der Waals surface area (Å²) in [5.74, 6) is 1.07. The Kier molecular flexibility index (Phi) is 0.722. The number of fused-ring (bicyclic) bond motifs is 2. The van der Waals surface area contributed by atoms with Crippen LogP contribution in [0.2, 0.25) is 0 Å². The highest BCUT2D eigenvalue weighted by molar-refractivity contribution is 5.88. The molecule has 1 fully saturated rings. The van der Waals surface area contributed by atoms with Gasteiger partial charge in [-0.1, -0.05) is 0 Å². The van der Waals surface area contributed by atoms with Crippen molar-refractivity contribution in [1.82, 2.24) is 14.5 Å². The van der Waals surface area contributed by atoms with Crippen molar-refractivity contribution in [2.75, 3.05) is 13.1 Å². The quantitative estimate of drug-likeness (QED) is 0.395. The van der Waals surface area contributed by atoms with E-state index in [9.17, 15) is 0 Å². The summed E-state index contributed by atoms with van der Waals surface area (Å²) in [5, 5.41) is 0. The van der Waals surface area contributed by atoms with E-state index in [0.29, 0.717) is 0 Å². The van der Waals surface area contributed by atoms with Crippen molar-refractivity contribution >= 4 is 17.8 Å². The number of hydrogen-bond donors (Lipinski definition) is 0. The lowest BCUT2D eigenvalue weighted by atomic mass is 10.5. The van der Waals surface area contributed by atoms with Gasteiger partial charge in [0.1, 0.15) is 19.4 Å². The second-order valence-corrected chi connectivity index (χ2v) is 2.96. The van der Waals surface area contributed by atoms with Gasteiger partial charge >= 0.3 is 0 Å². The normalized spacial score (nSPS) is 22.2. The first-order chi connectivity index (χ1) is 5.41. The first-order valence-electron chi connectivity index (χ1n) is 3.63. The van der Waals surface area contributed by atoms with E-state index in [1.165, 1.54) is 0 Å². The smallest absolute Gasteiger partial charge is 0.242 e. The summed E-state index contributed by atoms with van der Waals surface area (Å²) in [7, 11) is 0. The Balaban J connectivity index is 2.28. The van der Waals surface area contributed by atoms with Crippen molar-refractivity contribution in [1.29, 1.82) is 0 Å². The Labute approximate surface area is 63.8 Å². The first-order valence-corrected chi connectivity index (χ1v) is 3.63. The number of rotatable bonds is 0. The van der Waals surface area contributed by atoms with Crippen molar-refractivity contribution in [3.8, 4) is 0 Å². The molecule has 54 valence electrons. The van der Waals surface area contributed by atoms with Crippen molar-refractivity contribution in [3.63, 3.8) is 0 Å². The zero-order chi connectivity index (χ0) is 7.31. The lowest BCUT2D eigenvalue weighted by Crippen LogP contribution is -2.20. The van der Waals surface area contributed by atoms with Crippen LogP contribution in [0.25, 0.3) is 0 Å². The molecule has 0 atom stereocenters. The fourth-order valence-electron chi connectivity index (χ4n) is 1.41. The van der Waals surface area contributed by atoms with E-state index in [1.807, 2.05) is 6.34 Å². The van der Waals surface area contributed by atoms with Crippen LogP contribution in [-0.2, 0) is 0 Å². The molecule has 0 N–H and O–H groups in total. The van der Waals surface area contributed by atoms with Crippen LogP contribution in [0.1, 0.15) is 0 Å². The average Bonchev–Trinajstić information content (AvgIpc) is 2.72. The maximum atomic E-state index is 4.24. The lowest BCUT2D eigenvalue weighted by molar-refractivity contribution is 0.799. The van der Waals surface area contributed by atoms with E-state index >= 15 is 0 Å². The van der Waals surface area contributed by atoms with Crippen molar-refractivity contribution in [2.45, 2.75) is 0 Å². The van der Waals surface area contributed by atoms with E-state index in [2.05, 4.69) is 15.0 Å². The van der Waals surface area contributed by atoms with Crippen molar-refractivity contribution in [2.24, 2.45) is 4.99 Å². The van der Waals surface area contributed by atoms with Crippen LogP contribution in [0.15, 0.2) is 17.5 Å². The maximum absolute atomic E-state index is 4.24. The summed E-state index contributed by atoms with van der Waals surface area (Å²) in [5.41, 5.74) is 0.935. The monoisotopic (exact) mass is 147 g/mol. The van der Waals surface area contributed by atoms with Crippen molar-refractivity contribution in [3.05, 3.63) is 12.5 Å². The Bertz CT molecular complexity index is 340. The molecular weight excluding hydrogens is 140 g/mol. The van der Waals surface area contributed by atoms with Crippen LogP contribution in [0.5, 0.6) is 0 Å². The second kappa shape index (κ2) is 1.48. The predicted molar refractivity (Wildman–Crippen MR) is 41.7 cm³/mol. The molecule has 4 heteroatoms. The molecule has 0 unspecified atom stereocenters. The highest BCUT2D eigenvalue weighted by Crippen LogP contribution is 2.40. The van der Waals surface area contributed by atoms with Gasteiger partial charge in [0.15, 0.2) is 12.0 Å². The van der Waals surface area contributed by atoms with Crippen LogP contribution in [0, 0.1) is 0 Å². The topological polar surface area (TPSA) is 38.1 Å². The molecule has 4 nitrogen and oxygen atoms in total. The molecule has 1 aromatic heterocycles. The summed E-state index contributed by atoms with van der Waals surface area (Å²) in [4.78, 5) is 12.4. The van der Waals surface area contributed by atoms with E-state index in [-0.39, 0.29) is 0 Å². The van der Waals surface area contributed by atoms with Gasteiger partial charge in [-0.2, -0.15) is 9.98 Å². The molecule has 3 heterocycles. The fraction of sp³-hybridized carbons (Fsp3) is 0.286. The SMILES string of the molecule is C1=Nc2cncnc2[N+]12CC2. The van der Waals surface area contributed by atoms with Gasteiger partial charge in [-0.3, -0.25) is 0 Å². The molecule has 0 aromatic carbocycles. The van der Waals surface area contributed by atoms with Gasteiger partial charge in [-0.25, -0.2) is 9.47 Å². The minimum Gasteiger partial charge on any atom is -0.242 e. The molecule has 2 aliphatic heterocycles. The first kappa shape index (κ1) is 5.37. The molecule has 0 saturated carbocycles. The van der Waals surface area contributed by atoms with E-state index in [0.717, 1.165) is 29.1 Å². The van der Waals surface area contributed by atoms with E-state index < -0.39 is 0 Å². The van der Waals surface area contributed by atoms with Gasteiger partial charge in [-0.05, 0) is 0 Å². The number of quaternary nitrogens is 1. The highest BCUT2D eigenvalue weighted by atomic mass is 15.5. The predicted octanol–water partition coefficient (Wildman–Crippen LogP) is 0.471. The molecule has 0 bridgehead atoms. The number of hydrogen-bond acceptors (Lipinski definition) is 3. The Morgan fingerprint density at radius 3 is 3.09 bits per heavy atom. The Morgan fingerprint density at radius 2 is 2.27 bits per heavy atom. The average molecular weight is 147 g/mol. The second-order valence-electron chi connectivity index (χ2n) is 2.96. The summed E-state index contributed by atoms with van der Waals surface area (Å²) in [6.45, 7) is 2.29. The molecule has 0 aliphatic carbocycles. The van der Waals surface area contributed by atoms with Gasteiger partial charge in [0, 0.05) is 0 Å². The molecule has 0 amide bonds. The Hall–Kier alpha value is -1.29. The fourth-order valence-corrected chi connectivity index (χ4v) is 1.41. The molecule has 1 spiro atoms. The van der Waals surface area contributed by atoms with E-state index in [4.69, 9.17) is 0 Å². The third-order valence-corrected chi connectivity index (χ3v) is 2.22. The summed E-state index contributed by atoms with van der Waals surface area (Å²) >= 11 is 0. The molecular formula is C7H7N4+. The third kappa shape index (κ3) is 0.550. The van der Waals surface area contributed by atoms with Crippen LogP contribution in [-0.4, -0.2) is 29.4 Å². The van der Waals surface area contributed by atoms with Gasteiger partial charge in [0.2, 0.25) is 0 Å².